The third-order valence-electron chi connectivity index (χ3n) is 4.60. The van der Waals surface area contributed by atoms with E-state index in [9.17, 15) is 9.59 Å². The maximum Gasteiger partial charge on any atom is 0.321 e. The predicted molar refractivity (Wildman–Crippen MR) is 85.7 cm³/mol. The van der Waals surface area contributed by atoms with E-state index >= 15 is 0 Å². The summed E-state index contributed by atoms with van der Waals surface area (Å²) < 4.78 is 0. The number of carbonyl (C=O) groups is 2. The van der Waals surface area contributed by atoms with Crippen LogP contribution in [0.25, 0.3) is 0 Å². The van der Waals surface area contributed by atoms with Crippen LogP contribution in [0.2, 0.25) is 0 Å². The van der Waals surface area contributed by atoms with Gasteiger partial charge in [-0.1, -0.05) is 6.42 Å². The van der Waals surface area contributed by atoms with E-state index in [0.717, 1.165) is 30.6 Å². The number of nitrogens with zero attached hydrogens (tertiary/aromatic N) is 1. The minimum Gasteiger partial charge on any atom is -0.336 e. The molecule has 1 aromatic carbocycles. The molecule has 0 bridgehead atoms. The monoisotopic (exact) mass is 302 g/mol. The van der Waals surface area contributed by atoms with E-state index in [2.05, 4.69) is 10.6 Å². The van der Waals surface area contributed by atoms with Crippen LogP contribution in [0, 0.1) is 11.8 Å². The van der Waals surface area contributed by atoms with Crippen LogP contribution in [0.15, 0.2) is 24.3 Å². The molecular weight excluding hydrogens is 280 g/mol. The number of anilines is 2. The summed E-state index contributed by atoms with van der Waals surface area (Å²) in [6.07, 6.45) is 3.03. The Morgan fingerprint density at radius 3 is 2.73 bits per heavy atom. The van der Waals surface area contributed by atoms with E-state index in [4.69, 9.17) is 5.73 Å². The van der Waals surface area contributed by atoms with Crippen LogP contribution in [0.1, 0.15) is 19.3 Å². The van der Waals surface area contributed by atoms with Crippen LogP contribution < -0.4 is 21.3 Å². The summed E-state index contributed by atoms with van der Waals surface area (Å²) in [5, 5.41) is 5.73. The summed E-state index contributed by atoms with van der Waals surface area (Å²) in [6.45, 7) is 1.91. The maximum atomic E-state index is 12.3. The molecule has 118 valence electrons. The Balaban J connectivity index is 1.63. The molecule has 1 aromatic rings. The van der Waals surface area contributed by atoms with Gasteiger partial charge in [0.2, 0.25) is 5.91 Å². The van der Waals surface area contributed by atoms with Gasteiger partial charge in [-0.2, -0.15) is 0 Å². The number of nitrogens with one attached hydrogen (secondary N) is 2. The summed E-state index contributed by atoms with van der Waals surface area (Å²) in [7, 11) is 0. The number of nitrogens with two attached hydrogens (primary N) is 1. The van der Waals surface area contributed by atoms with Crippen molar-refractivity contribution in [2.45, 2.75) is 19.3 Å². The van der Waals surface area contributed by atoms with Crippen LogP contribution in [-0.4, -0.2) is 31.6 Å². The molecule has 1 aliphatic heterocycles. The van der Waals surface area contributed by atoms with E-state index in [1.807, 2.05) is 24.3 Å². The zero-order chi connectivity index (χ0) is 15.5. The molecule has 1 heterocycles. The molecule has 6 heteroatoms. The van der Waals surface area contributed by atoms with E-state index in [0.29, 0.717) is 25.6 Å². The summed E-state index contributed by atoms with van der Waals surface area (Å²) in [4.78, 5) is 25.6. The highest BCUT2D eigenvalue weighted by molar-refractivity contribution is 5.95. The van der Waals surface area contributed by atoms with Gasteiger partial charge in [-0.05, 0) is 49.6 Å². The zero-order valence-corrected chi connectivity index (χ0v) is 12.5. The van der Waals surface area contributed by atoms with Crippen LogP contribution in [-0.2, 0) is 4.79 Å². The van der Waals surface area contributed by atoms with E-state index in [-0.39, 0.29) is 17.9 Å². The molecule has 22 heavy (non-hydrogen) atoms. The van der Waals surface area contributed by atoms with Gasteiger partial charge < -0.3 is 16.4 Å². The third-order valence-corrected chi connectivity index (χ3v) is 4.60. The molecular formula is C16H22N4O2. The maximum absolute atomic E-state index is 12.3. The molecule has 3 rings (SSSR count). The average Bonchev–Trinajstić information content (AvgIpc) is 3.16. The molecule has 3 amide bonds. The third kappa shape index (κ3) is 2.92. The Kier molecular flexibility index (Phi) is 4.29. The number of urea groups is 1. The minimum atomic E-state index is -0.0754. The van der Waals surface area contributed by atoms with Gasteiger partial charge in [0, 0.05) is 30.4 Å². The van der Waals surface area contributed by atoms with Crippen molar-refractivity contribution < 1.29 is 9.59 Å². The molecule has 0 unspecified atom stereocenters. The minimum absolute atomic E-state index is 0.0223. The lowest BCUT2D eigenvalue weighted by atomic mass is 9.95. The van der Waals surface area contributed by atoms with Gasteiger partial charge in [0.05, 0.1) is 0 Å². The lowest BCUT2D eigenvalue weighted by Crippen LogP contribution is -2.30. The highest BCUT2D eigenvalue weighted by Gasteiger charge is 2.31. The first-order chi connectivity index (χ1) is 10.7. The van der Waals surface area contributed by atoms with Crippen molar-refractivity contribution in [2.75, 3.05) is 29.9 Å². The summed E-state index contributed by atoms with van der Waals surface area (Å²) in [5.74, 6) is 0.376. The summed E-state index contributed by atoms with van der Waals surface area (Å²) in [5.41, 5.74) is 7.34. The molecule has 1 saturated heterocycles. The second-order valence-corrected chi connectivity index (χ2v) is 5.95. The molecule has 1 saturated carbocycles. The fraction of sp³-hybridized carbons (Fsp3) is 0.500. The van der Waals surface area contributed by atoms with Crippen molar-refractivity contribution in [3.8, 4) is 0 Å². The van der Waals surface area contributed by atoms with E-state index < -0.39 is 0 Å². The smallest absolute Gasteiger partial charge is 0.321 e. The van der Waals surface area contributed by atoms with Crippen LogP contribution in [0.5, 0.6) is 0 Å². The van der Waals surface area contributed by atoms with E-state index in [1.54, 1.807) is 4.90 Å². The van der Waals surface area contributed by atoms with Crippen molar-refractivity contribution in [3.63, 3.8) is 0 Å². The SMILES string of the molecule is NC[C@H]1CCC[C@H]1C(=O)Nc1ccc(N2CCNC2=O)cc1. The quantitative estimate of drug-likeness (QED) is 0.788. The fourth-order valence-electron chi connectivity index (χ4n) is 3.34. The van der Waals surface area contributed by atoms with Gasteiger partial charge in [0.1, 0.15) is 0 Å². The molecule has 0 spiro atoms. The number of carbonyl (C=O) groups excluding carboxylic acids is 2. The van der Waals surface area contributed by atoms with Crippen LogP contribution in [0.3, 0.4) is 0 Å². The normalized spacial score (nSPS) is 24.4. The second-order valence-electron chi connectivity index (χ2n) is 5.95. The van der Waals surface area contributed by atoms with Gasteiger partial charge in [-0.25, -0.2) is 4.79 Å². The van der Waals surface area contributed by atoms with Gasteiger partial charge in [-0.15, -0.1) is 0 Å². The van der Waals surface area contributed by atoms with Gasteiger partial charge in [-0.3, -0.25) is 9.69 Å². The van der Waals surface area contributed by atoms with Crippen LogP contribution >= 0.6 is 0 Å². The molecule has 2 atom stereocenters. The first kappa shape index (κ1) is 14.8. The van der Waals surface area contributed by atoms with E-state index in [1.165, 1.54) is 0 Å². The van der Waals surface area contributed by atoms with Crippen molar-refractivity contribution in [3.05, 3.63) is 24.3 Å². The molecule has 2 aliphatic rings. The Morgan fingerprint density at radius 1 is 1.32 bits per heavy atom. The lowest BCUT2D eigenvalue weighted by molar-refractivity contribution is -0.120. The Bertz CT molecular complexity index is 558. The van der Waals surface area contributed by atoms with Crippen molar-refractivity contribution in [2.24, 2.45) is 17.6 Å². The lowest BCUT2D eigenvalue weighted by Gasteiger charge is -2.18. The fourth-order valence-corrected chi connectivity index (χ4v) is 3.34. The Labute approximate surface area is 130 Å². The van der Waals surface area contributed by atoms with Gasteiger partial charge in [0.25, 0.3) is 0 Å². The number of amides is 3. The topological polar surface area (TPSA) is 87.5 Å². The summed E-state index contributed by atoms with van der Waals surface area (Å²) in [6, 6.07) is 7.32. The standard InChI is InChI=1S/C16H22N4O2/c17-10-11-2-1-3-14(11)15(21)19-12-4-6-13(7-5-12)20-9-8-18-16(20)22/h4-7,11,14H,1-3,8-10,17H2,(H,18,22)(H,19,21)/t11-,14-/m1/s1. The van der Waals surface area contributed by atoms with Crippen LogP contribution in [0.4, 0.5) is 16.2 Å². The largest absolute Gasteiger partial charge is 0.336 e. The number of benzene rings is 1. The molecule has 1 aliphatic carbocycles. The number of hydrogen-bond donors (Lipinski definition) is 3. The van der Waals surface area contributed by atoms with Crippen molar-refractivity contribution in [1.82, 2.24) is 5.32 Å². The van der Waals surface area contributed by atoms with Gasteiger partial charge >= 0.3 is 6.03 Å². The van der Waals surface area contributed by atoms with Gasteiger partial charge in [0.15, 0.2) is 0 Å². The highest BCUT2D eigenvalue weighted by atomic mass is 16.2. The van der Waals surface area contributed by atoms with Crippen molar-refractivity contribution in [1.29, 1.82) is 0 Å². The average molecular weight is 302 g/mol. The summed E-state index contributed by atoms with van der Waals surface area (Å²) >= 11 is 0. The van der Waals surface area contributed by atoms with Crippen molar-refractivity contribution >= 4 is 23.3 Å². The number of hydrogen-bond acceptors (Lipinski definition) is 3. The first-order valence-electron chi connectivity index (χ1n) is 7.85. The molecule has 6 nitrogen and oxygen atoms in total. The molecule has 2 fully saturated rings. The second kappa shape index (κ2) is 6.36. The zero-order valence-electron chi connectivity index (χ0n) is 12.5. The molecule has 4 N–H and O–H groups in total. The molecule has 0 aromatic heterocycles. The first-order valence-corrected chi connectivity index (χ1v) is 7.85. The highest BCUT2D eigenvalue weighted by Crippen LogP contribution is 2.32. The number of rotatable bonds is 4. The molecule has 0 radical (unpaired) electrons. The Morgan fingerprint density at radius 2 is 2.09 bits per heavy atom. The predicted octanol–water partition coefficient (Wildman–Crippen LogP) is 1.53. The Hall–Kier alpha value is -2.08.